The molecular weight excluding hydrogens is 468 g/mol. The van der Waals surface area contributed by atoms with Crippen molar-refractivity contribution in [1.29, 1.82) is 0 Å². The van der Waals surface area contributed by atoms with Crippen molar-refractivity contribution in [2.45, 2.75) is 31.6 Å². The molecule has 0 spiro atoms. The Morgan fingerprint density at radius 2 is 1.77 bits per heavy atom. The molecule has 11 heteroatoms. The summed E-state index contributed by atoms with van der Waals surface area (Å²) in [6.45, 7) is -0.0483. The zero-order chi connectivity index (χ0) is 25.1. The van der Waals surface area contributed by atoms with E-state index in [0.717, 1.165) is 10.6 Å². The molecule has 1 fully saturated rings. The van der Waals surface area contributed by atoms with E-state index in [4.69, 9.17) is 0 Å². The molecular formula is C24H18F4N4O3. The predicted molar refractivity (Wildman–Crippen MR) is 115 cm³/mol. The summed E-state index contributed by atoms with van der Waals surface area (Å²) in [6, 6.07) is 9.57. The number of carbonyl (C=O) groups excluding carboxylic acids is 3. The maximum atomic E-state index is 15.3. The molecule has 5 rings (SSSR count). The molecule has 3 aromatic rings. The fraction of sp³-hybridized carbons (Fsp3) is 0.250. The third kappa shape index (κ3) is 3.76. The second kappa shape index (κ2) is 8.03. The number of nitrogens with one attached hydrogen (secondary N) is 1. The number of hydrogen-bond donors (Lipinski definition) is 1. The van der Waals surface area contributed by atoms with Gasteiger partial charge in [0.2, 0.25) is 17.6 Å². The number of imidazole rings is 1. The van der Waals surface area contributed by atoms with Crippen molar-refractivity contribution in [2.75, 3.05) is 0 Å². The lowest BCUT2D eigenvalue weighted by atomic mass is 10.00. The van der Waals surface area contributed by atoms with Crippen LogP contribution in [0.1, 0.15) is 34.6 Å². The van der Waals surface area contributed by atoms with Gasteiger partial charge in [-0.25, -0.2) is 9.37 Å². The van der Waals surface area contributed by atoms with Crippen molar-refractivity contribution in [3.8, 4) is 22.5 Å². The monoisotopic (exact) mass is 486 g/mol. The van der Waals surface area contributed by atoms with Crippen LogP contribution in [0, 0.1) is 5.82 Å². The van der Waals surface area contributed by atoms with Crippen LogP contribution in [0.25, 0.3) is 22.5 Å². The van der Waals surface area contributed by atoms with Crippen LogP contribution in [0.3, 0.4) is 0 Å². The number of piperidine rings is 1. The minimum atomic E-state index is -4.78. The summed E-state index contributed by atoms with van der Waals surface area (Å²) in [5, 5.41) is 2.19. The van der Waals surface area contributed by atoms with Gasteiger partial charge in [-0.1, -0.05) is 30.3 Å². The fourth-order valence-corrected chi connectivity index (χ4v) is 4.64. The minimum absolute atomic E-state index is 0.0178. The quantitative estimate of drug-likeness (QED) is 0.452. The summed E-state index contributed by atoms with van der Waals surface area (Å²) in [4.78, 5) is 41.6. The van der Waals surface area contributed by atoms with Gasteiger partial charge in [-0.05, 0) is 24.1 Å². The van der Waals surface area contributed by atoms with Gasteiger partial charge < -0.3 is 9.47 Å². The molecule has 3 heterocycles. The number of imide groups is 1. The van der Waals surface area contributed by atoms with Gasteiger partial charge >= 0.3 is 6.18 Å². The zero-order valence-corrected chi connectivity index (χ0v) is 18.3. The molecule has 7 nitrogen and oxygen atoms in total. The molecule has 0 aliphatic carbocycles. The van der Waals surface area contributed by atoms with Gasteiger partial charge in [0.15, 0.2) is 0 Å². The molecule has 0 saturated carbocycles. The summed E-state index contributed by atoms with van der Waals surface area (Å²) in [5.41, 5.74) is 0.459. The summed E-state index contributed by atoms with van der Waals surface area (Å²) in [7, 11) is 1.21. The lowest BCUT2D eigenvalue weighted by molar-refractivity contribution is -0.146. The van der Waals surface area contributed by atoms with Gasteiger partial charge in [-0.3, -0.25) is 19.7 Å². The van der Waals surface area contributed by atoms with Gasteiger partial charge in [0.25, 0.3) is 5.91 Å². The smallest absolute Gasteiger partial charge is 0.323 e. The van der Waals surface area contributed by atoms with Crippen LogP contribution in [-0.4, -0.2) is 38.2 Å². The number of benzene rings is 2. The van der Waals surface area contributed by atoms with Crippen LogP contribution in [-0.2, 0) is 29.4 Å². The number of amides is 3. The zero-order valence-electron chi connectivity index (χ0n) is 18.3. The average molecular weight is 486 g/mol. The minimum Gasteiger partial charge on any atom is -0.323 e. The molecule has 1 saturated heterocycles. The summed E-state index contributed by atoms with van der Waals surface area (Å²) in [6.07, 6.45) is -4.58. The topological polar surface area (TPSA) is 84.3 Å². The highest BCUT2D eigenvalue weighted by atomic mass is 19.4. The maximum absolute atomic E-state index is 15.3. The van der Waals surface area contributed by atoms with Crippen LogP contribution >= 0.6 is 0 Å². The van der Waals surface area contributed by atoms with Crippen molar-refractivity contribution >= 4 is 17.7 Å². The Labute approximate surface area is 196 Å². The number of carbonyl (C=O) groups is 3. The van der Waals surface area contributed by atoms with E-state index in [1.807, 2.05) is 0 Å². The Bertz CT molecular complexity index is 1380. The van der Waals surface area contributed by atoms with Crippen LogP contribution in [0.5, 0.6) is 0 Å². The molecule has 3 amide bonds. The number of halogens is 4. The number of hydrogen-bond acceptors (Lipinski definition) is 4. The van der Waals surface area contributed by atoms with E-state index in [1.54, 1.807) is 30.3 Å². The molecule has 1 aromatic heterocycles. The van der Waals surface area contributed by atoms with E-state index in [1.165, 1.54) is 18.0 Å². The second-order valence-corrected chi connectivity index (χ2v) is 8.44. The molecule has 1 N–H and O–H groups in total. The summed E-state index contributed by atoms with van der Waals surface area (Å²) < 4.78 is 57.2. The fourth-order valence-electron chi connectivity index (χ4n) is 4.64. The normalized spacial score (nSPS) is 18.1. The number of rotatable bonds is 3. The van der Waals surface area contributed by atoms with E-state index in [0.29, 0.717) is 11.1 Å². The van der Waals surface area contributed by atoms with Crippen molar-refractivity contribution in [3.05, 3.63) is 65.2 Å². The standard InChI is InChI=1S/C24H18F4N4O3/c1-31-20(12-5-3-2-4-6-12)19(30-23(31)24(26,27)28)15-9-13-11-32(22(35)14(13)10-16(15)25)17-7-8-18(33)29-21(17)34/h2-6,9-10,17H,7-8,11H2,1H3,(H,29,33,34). The number of fused-ring (bicyclic) bond motifs is 1. The third-order valence-electron chi connectivity index (χ3n) is 6.26. The molecule has 2 aromatic carbocycles. The first-order chi connectivity index (χ1) is 16.6. The summed E-state index contributed by atoms with van der Waals surface area (Å²) >= 11 is 0. The predicted octanol–water partition coefficient (Wildman–Crippen LogP) is 3.67. The van der Waals surface area contributed by atoms with E-state index < -0.39 is 41.6 Å². The Morgan fingerprint density at radius 3 is 2.43 bits per heavy atom. The lowest BCUT2D eigenvalue weighted by Crippen LogP contribution is -2.52. The molecule has 2 aliphatic rings. The van der Waals surface area contributed by atoms with E-state index >= 15 is 4.39 Å². The van der Waals surface area contributed by atoms with Gasteiger partial charge in [0.05, 0.1) is 11.4 Å². The van der Waals surface area contributed by atoms with Crippen molar-refractivity contribution < 1.29 is 31.9 Å². The molecule has 180 valence electrons. The van der Waals surface area contributed by atoms with Gasteiger partial charge in [-0.2, -0.15) is 13.2 Å². The van der Waals surface area contributed by atoms with E-state index in [9.17, 15) is 27.6 Å². The molecule has 0 bridgehead atoms. The Kier molecular flexibility index (Phi) is 5.22. The highest BCUT2D eigenvalue weighted by molar-refractivity contribution is 6.05. The van der Waals surface area contributed by atoms with Crippen molar-refractivity contribution in [1.82, 2.24) is 19.8 Å². The van der Waals surface area contributed by atoms with Crippen LogP contribution in [0.4, 0.5) is 17.6 Å². The molecule has 0 radical (unpaired) electrons. The second-order valence-electron chi connectivity index (χ2n) is 8.44. The Hall–Kier alpha value is -4.02. The molecule has 2 aliphatic heterocycles. The lowest BCUT2D eigenvalue weighted by Gasteiger charge is -2.29. The Balaban J connectivity index is 1.61. The van der Waals surface area contributed by atoms with Gasteiger partial charge in [0, 0.05) is 36.7 Å². The SMILES string of the molecule is Cn1c(C(F)(F)F)nc(-c2cc3c(cc2F)C(=O)N(C2CCC(=O)NC2=O)C3)c1-c1ccccc1. The number of alkyl halides is 3. The van der Waals surface area contributed by atoms with E-state index in [2.05, 4.69) is 10.3 Å². The highest BCUT2D eigenvalue weighted by Gasteiger charge is 2.41. The highest BCUT2D eigenvalue weighted by Crippen LogP contribution is 2.40. The third-order valence-corrected chi connectivity index (χ3v) is 6.26. The first-order valence-corrected chi connectivity index (χ1v) is 10.7. The molecule has 1 unspecified atom stereocenters. The van der Waals surface area contributed by atoms with E-state index in [-0.39, 0.29) is 41.9 Å². The number of aromatic nitrogens is 2. The first kappa shape index (κ1) is 22.8. The number of nitrogens with zero attached hydrogens (tertiary/aromatic N) is 3. The average Bonchev–Trinajstić information content (AvgIpc) is 3.31. The van der Waals surface area contributed by atoms with Crippen molar-refractivity contribution in [3.63, 3.8) is 0 Å². The van der Waals surface area contributed by atoms with Gasteiger partial charge in [0.1, 0.15) is 11.9 Å². The maximum Gasteiger partial charge on any atom is 0.449 e. The van der Waals surface area contributed by atoms with Crippen molar-refractivity contribution in [2.24, 2.45) is 7.05 Å². The largest absolute Gasteiger partial charge is 0.449 e. The summed E-state index contributed by atoms with van der Waals surface area (Å²) in [5.74, 6) is -3.74. The first-order valence-electron chi connectivity index (χ1n) is 10.7. The van der Waals surface area contributed by atoms with Crippen LogP contribution in [0.2, 0.25) is 0 Å². The Morgan fingerprint density at radius 1 is 1.06 bits per heavy atom. The molecule has 1 atom stereocenters. The van der Waals surface area contributed by atoms with Crippen LogP contribution in [0.15, 0.2) is 42.5 Å². The van der Waals surface area contributed by atoms with Crippen LogP contribution < -0.4 is 5.32 Å². The van der Waals surface area contributed by atoms with Gasteiger partial charge in [-0.15, -0.1) is 0 Å². The molecule has 35 heavy (non-hydrogen) atoms.